The summed E-state index contributed by atoms with van der Waals surface area (Å²) >= 11 is 0. The van der Waals surface area contributed by atoms with Gasteiger partial charge in [0.15, 0.2) is 52.4 Å². The number of rotatable bonds is 3. The van der Waals surface area contributed by atoms with Gasteiger partial charge in [0.1, 0.15) is 23.3 Å². The van der Waals surface area contributed by atoms with E-state index in [1.807, 2.05) is 0 Å². The van der Waals surface area contributed by atoms with E-state index in [4.69, 9.17) is 0 Å². The van der Waals surface area contributed by atoms with Crippen molar-refractivity contribution < 1.29 is 48.3 Å². The Kier molecular flexibility index (Phi) is 8.01. The molecule has 1 aromatic heterocycles. The van der Waals surface area contributed by atoms with Crippen LogP contribution in [0.15, 0.2) is 55.9 Å². The van der Waals surface area contributed by atoms with E-state index in [1.54, 1.807) is 32.0 Å². The number of benzene rings is 3. The van der Waals surface area contributed by atoms with Gasteiger partial charge >= 0.3 is 12.4 Å². The first-order valence-electron chi connectivity index (χ1n) is 13.7. The van der Waals surface area contributed by atoms with E-state index in [2.05, 4.69) is 34.9 Å². The van der Waals surface area contributed by atoms with Crippen molar-refractivity contribution in [3.05, 3.63) is 120 Å². The number of nitrogens with zero attached hydrogens (tertiary/aromatic N) is 9. The molecule has 0 saturated heterocycles. The topological polar surface area (TPSA) is 136 Å². The largest absolute Gasteiger partial charge is 0.417 e. The van der Waals surface area contributed by atoms with Gasteiger partial charge in [-0.15, -0.1) is 0 Å². The fourth-order valence-electron chi connectivity index (χ4n) is 4.83. The molecule has 0 aliphatic carbocycles. The molecule has 9 nitrogen and oxygen atoms in total. The van der Waals surface area contributed by atoms with Crippen molar-refractivity contribution in [2.45, 2.75) is 26.2 Å². The molecule has 6 rings (SSSR count). The number of halogens is 11. The van der Waals surface area contributed by atoms with Gasteiger partial charge in [0.2, 0.25) is 5.82 Å². The highest BCUT2D eigenvalue weighted by Crippen LogP contribution is 2.39. The molecule has 0 radical (unpaired) electrons. The minimum Gasteiger partial charge on any atom is -0.226 e. The van der Waals surface area contributed by atoms with Crippen molar-refractivity contribution in [2.75, 3.05) is 0 Å². The number of allylic oxidation sites excluding steroid dienone is 2. The highest BCUT2D eigenvalue weighted by Gasteiger charge is 2.43. The van der Waals surface area contributed by atoms with E-state index in [1.165, 1.54) is 6.07 Å². The molecule has 3 heterocycles. The van der Waals surface area contributed by atoms with Crippen LogP contribution in [0.25, 0.3) is 22.5 Å². The van der Waals surface area contributed by atoms with Crippen molar-refractivity contribution in [2.24, 2.45) is 20.0 Å². The summed E-state index contributed by atoms with van der Waals surface area (Å²) in [7, 11) is 0. The second-order valence-electron chi connectivity index (χ2n) is 10.6. The van der Waals surface area contributed by atoms with Gasteiger partial charge in [-0.1, -0.05) is 0 Å². The minimum atomic E-state index is -5.51. The summed E-state index contributed by atoms with van der Waals surface area (Å²) in [4.78, 5) is 27.0. The summed E-state index contributed by atoms with van der Waals surface area (Å²) in [6, 6.07) is 6.35. The number of hydrogen-bond acceptors (Lipinski definition) is 9. The normalized spacial score (nSPS) is 13.3. The quantitative estimate of drug-likeness (QED) is 0.125. The van der Waals surface area contributed by atoms with E-state index < -0.39 is 109 Å². The van der Waals surface area contributed by atoms with Crippen LogP contribution in [0.1, 0.15) is 33.9 Å². The molecular weight excluding hydrogens is 707 g/mol. The maximum Gasteiger partial charge on any atom is 0.417 e. The van der Waals surface area contributed by atoms with Gasteiger partial charge in [0, 0.05) is 0 Å². The average Bonchev–Trinajstić information content (AvgIpc) is 3.65. The van der Waals surface area contributed by atoms with Gasteiger partial charge in [-0.3, -0.25) is 0 Å². The zero-order valence-corrected chi connectivity index (χ0v) is 25.0. The summed E-state index contributed by atoms with van der Waals surface area (Å²) in [6.07, 6.45) is -11.0. The van der Waals surface area contributed by atoms with Gasteiger partial charge in [0.05, 0.1) is 38.1 Å². The number of aryl methyl sites for hydroxylation is 2. The van der Waals surface area contributed by atoms with Crippen LogP contribution in [0.4, 0.5) is 48.3 Å². The van der Waals surface area contributed by atoms with E-state index in [0.717, 1.165) is 11.1 Å². The van der Waals surface area contributed by atoms with Crippen LogP contribution in [-0.4, -0.2) is 15.0 Å². The molecule has 0 amide bonds. The molecule has 3 aromatic carbocycles. The standard InChI is InChI=1S/C31H10F11N9/c1-9-3-15-16(4-10(9)2)46-25(45-15)11(7-43)27-49-28(51-29(50-27)19-20(32)22(34)24(36)23(35)21(19)33)12(8-44)26-47-17-5-13(30(37,38)39)14(31(40,41)42)6-18(17)48-26/h3-6H,1-2H3. The van der Waals surface area contributed by atoms with Crippen molar-refractivity contribution in [3.63, 3.8) is 0 Å². The molecule has 0 atom stereocenters. The lowest BCUT2D eigenvalue weighted by molar-refractivity contribution is -0.162. The van der Waals surface area contributed by atoms with Gasteiger partial charge < -0.3 is 0 Å². The molecule has 0 N–H and O–H groups in total. The van der Waals surface area contributed by atoms with E-state index in [9.17, 15) is 58.8 Å². The predicted octanol–water partition coefficient (Wildman–Crippen LogP) is 5.18. The summed E-state index contributed by atoms with van der Waals surface area (Å²) in [5, 5.41) is 19.0. The van der Waals surface area contributed by atoms with Crippen molar-refractivity contribution in [1.29, 1.82) is 10.5 Å². The van der Waals surface area contributed by atoms with Crippen LogP contribution in [0.5, 0.6) is 0 Å². The lowest BCUT2D eigenvalue weighted by Crippen LogP contribution is -2.29. The predicted molar refractivity (Wildman–Crippen MR) is 147 cm³/mol. The lowest BCUT2D eigenvalue weighted by atomic mass is 10.1. The lowest BCUT2D eigenvalue weighted by Gasteiger charge is -2.14. The van der Waals surface area contributed by atoms with E-state index >= 15 is 0 Å². The highest BCUT2D eigenvalue weighted by atomic mass is 19.4. The summed E-state index contributed by atoms with van der Waals surface area (Å²) < 4.78 is 154. The van der Waals surface area contributed by atoms with Crippen molar-refractivity contribution in [1.82, 2.24) is 15.0 Å². The Morgan fingerprint density at radius 3 is 1.20 bits per heavy atom. The minimum absolute atomic E-state index is 0.0190. The van der Waals surface area contributed by atoms with Crippen LogP contribution < -0.4 is 21.4 Å². The summed E-state index contributed by atoms with van der Waals surface area (Å²) in [6.45, 7) is 3.49. The number of alkyl halides is 6. The van der Waals surface area contributed by atoms with Crippen LogP contribution in [-0.2, 0) is 12.4 Å². The molecule has 0 unspecified atom stereocenters. The fraction of sp³-hybridized carbons (Fsp3) is 0.129. The third kappa shape index (κ3) is 5.83. The molecular formula is C31H10F11N9. The summed E-state index contributed by atoms with van der Waals surface area (Å²) in [5.74, 6) is -16.9. The van der Waals surface area contributed by atoms with Gasteiger partial charge in [-0.05, 0) is 49.2 Å². The Morgan fingerprint density at radius 1 is 0.529 bits per heavy atom. The molecule has 4 aromatic rings. The Balaban J connectivity index is 1.67. The molecule has 256 valence electrons. The van der Waals surface area contributed by atoms with Crippen LogP contribution in [0, 0.1) is 65.6 Å². The second-order valence-corrected chi connectivity index (χ2v) is 10.6. The smallest absolute Gasteiger partial charge is 0.226 e. The maximum atomic E-state index is 15.0. The first-order chi connectivity index (χ1) is 23.8. The maximum absolute atomic E-state index is 15.0. The molecule has 0 bridgehead atoms. The van der Waals surface area contributed by atoms with Gasteiger partial charge in [-0.25, -0.2) is 56.9 Å². The molecule has 2 aliphatic rings. The number of hydrogen-bond donors (Lipinski definition) is 0. The molecule has 2 aliphatic heterocycles. The third-order valence-corrected chi connectivity index (χ3v) is 7.41. The first-order valence-corrected chi connectivity index (χ1v) is 13.7. The Hall–Kier alpha value is -6.44. The van der Waals surface area contributed by atoms with E-state index in [0.29, 0.717) is 0 Å². The SMILES string of the molecule is Cc1cc2c(cc1C)=NC(=C(C#N)c1nc(C(C#N)=C3N=c4cc(C(F)(F)F)c(C(F)(F)F)cc4=N3)nc(-c3c(F)c(F)c(F)c(F)c3F)n1)N=2. The van der Waals surface area contributed by atoms with Crippen LogP contribution in [0.3, 0.4) is 0 Å². The molecule has 0 spiro atoms. The molecule has 51 heavy (non-hydrogen) atoms. The Morgan fingerprint density at radius 2 is 0.863 bits per heavy atom. The van der Waals surface area contributed by atoms with Gasteiger partial charge in [-0.2, -0.15) is 36.9 Å². The number of aromatic nitrogens is 3. The van der Waals surface area contributed by atoms with Crippen LogP contribution >= 0.6 is 0 Å². The zero-order valence-electron chi connectivity index (χ0n) is 25.0. The molecule has 0 saturated carbocycles. The van der Waals surface area contributed by atoms with Gasteiger partial charge in [0.25, 0.3) is 0 Å². The zero-order chi connectivity index (χ0) is 37.3. The third-order valence-electron chi connectivity index (χ3n) is 7.41. The van der Waals surface area contributed by atoms with E-state index in [-0.39, 0.29) is 22.8 Å². The summed E-state index contributed by atoms with van der Waals surface area (Å²) in [5.41, 5.74) is -6.14. The van der Waals surface area contributed by atoms with Crippen molar-refractivity contribution >= 4 is 11.1 Å². The number of nitriles is 2. The molecule has 0 fully saturated rings. The average molecular weight is 717 g/mol. The Labute approximate surface area is 275 Å². The highest BCUT2D eigenvalue weighted by molar-refractivity contribution is 5.80. The first kappa shape index (κ1) is 34.4. The monoisotopic (exact) mass is 717 g/mol. The fourth-order valence-corrected chi connectivity index (χ4v) is 4.83. The molecule has 20 heteroatoms. The second kappa shape index (κ2) is 11.9. The Bertz CT molecular complexity index is 2540. The van der Waals surface area contributed by atoms with Crippen molar-refractivity contribution in [3.8, 4) is 23.5 Å². The van der Waals surface area contributed by atoms with Crippen LogP contribution in [0.2, 0.25) is 0 Å². The number of fused-ring (bicyclic) bond motifs is 2.